The molecule has 36 heavy (non-hydrogen) atoms. The summed E-state index contributed by atoms with van der Waals surface area (Å²) in [6, 6.07) is 24.8. The molecule has 0 bridgehead atoms. The number of imide groups is 2. The highest BCUT2D eigenvalue weighted by Crippen LogP contribution is 2.32. The zero-order valence-corrected chi connectivity index (χ0v) is 20.1. The second kappa shape index (κ2) is 9.68. The lowest BCUT2D eigenvalue weighted by molar-refractivity contribution is -0.122. The highest BCUT2D eigenvalue weighted by molar-refractivity contribution is 6.39. The van der Waals surface area contributed by atoms with Crippen molar-refractivity contribution in [3.05, 3.63) is 112 Å². The molecule has 1 saturated heterocycles. The molecule has 6 nitrogen and oxygen atoms in total. The molecular weight excluding hydrogens is 476 g/mol. The maximum Gasteiger partial charge on any atom is 0.335 e. The third-order valence-corrected chi connectivity index (χ3v) is 6.10. The van der Waals surface area contributed by atoms with E-state index in [4.69, 9.17) is 16.3 Å². The summed E-state index contributed by atoms with van der Waals surface area (Å²) in [6.45, 7) is 2.32. The molecule has 4 aromatic carbocycles. The lowest BCUT2D eigenvalue weighted by Crippen LogP contribution is -2.54. The van der Waals surface area contributed by atoms with Gasteiger partial charge in [0.25, 0.3) is 11.8 Å². The number of ether oxygens (including phenoxy) is 1. The first-order valence-electron chi connectivity index (χ1n) is 11.3. The number of halogens is 1. The van der Waals surface area contributed by atoms with Gasteiger partial charge in [-0.1, -0.05) is 77.8 Å². The van der Waals surface area contributed by atoms with Crippen LogP contribution in [0.25, 0.3) is 16.8 Å². The Balaban J connectivity index is 1.59. The zero-order chi connectivity index (χ0) is 25.2. The van der Waals surface area contributed by atoms with E-state index in [2.05, 4.69) is 5.32 Å². The fourth-order valence-corrected chi connectivity index (χ4v) is 4.35. The van der Waals surface area contributed by atoms with Crippen LogP contribution in [0.15, 0.2) is 90.5 Å². The molecule has 0 atom stereocenters. The molecular formula is C29H21ClN2O4. The minimum Gasteiger partial charge on any atom is -0.488 e. The van der Waals surface area contributed by atoms with E-state index < -0.39 is 17.8 Å². The van der Waals surface area contributed by atoms with Crippen LogP contribution in [0, 0.1) is 6.92 Å². The molecule has 1 aliphatic heterocycles. The standard InChI is InChI=1S/C29H21ClN2O4/c1-18-6-4-7-19(14-18)17-36-26-13-12-20-8-2-3-11-23(20)24(26)16-25-27(33)31-29(35)32(28(25)34)22-10-5-9-21(30)15-22/h2-16H,17H2,1H3,(H,31,33,35)/b25-16+. The molecule has 178 valence electrons. The Hall–Kier alpha value is -4.42. The summed E-state index contributed by atoms with van der Waals surface area (Å²) >= 11 is 6.07. The van der Waals surface area contributed by atoms with Gasteiger partial charge in [0.1, 0.15) is 17.9 Å². The van der Waals surface area contributed by atoms with Gasteiger partial charge in [-0.15, -0.1) is 0 Å². The quantitative estimate of drug-likeness (QED) is 0.270. The van der Waals surface area contributed by atoms with Crippen molar-refractivity contribution in [1.29, 1.82) is 0 Å². The third kappa shape index (κ3) is 4.59. The topological polar surface area (TPSA) is 75.7 Å². The van der Waals surface area contributed by atoms with Crippen LogP contribution in [0.1, 0.15) is 16.7 Å². The summed E-state index contributed by atoms with van der Waals surface area (Å²) in [5.74, 6) is -1.01. The molecule has 0 spiro atoms. The molecule has 1 fully saturated rings. The van der Waals surface area contributed by atoms with E-state index in [1.807, 2.05) is 67.6 Å². The van der Waals surface area contributed by atoms with Crippen LogP contribution in [-0.4, -0.2) is 17.8 Å². The molecule has 0 aliphatic carbocycles. The van der Waals surface area contributed by atoms with Crippen molar-refractivity contribution in [2.45, 2.75) is 13.5 Å². The summed E-state index contributed by atoms with van der Waals surface area (Å²) in [6.07, 6.45) is 1.48. The number of nitrogens with one attached hydrogen (secondary N) is 1. The van der Waals surface area contributed by atoms with Crippen molar-refractivity contribution in [1.82, 2.24) is 5.32 Å². The molecule has 1 heterocycles. The molecule has 5 rings (SSSR count). The number of carbonyl (C=O) groups excluding carboxylic acids is 3. The number of urea groups is 1. The summed E-state index contributed by atoms with van der Waals surface area (Å²) in [4.78, 5) is 39.7. The zero-order valence-electron chi connectivity index (χ0n) is 19.3. The summed E-state index contributed by atoms with van der Waals surface area (Å²) in [5, 5.41) is 4.33. The minimum absolute atomic E-state index is 0.189. The Bertz CT molecular complexity index is 1560. The average molecular weight is 497 g/mol. The molecule has 4 aromatic rings. The van der Waals surface area contributed by atoms with E-state index >= 15 is 0 Å². The number of nitrogens with zero attached hydrogens (tertiary/aromatic N) is 1. The van der Waals surface area contributed by atoms with Crippen LogP contribution in [-0.2, 0) is 16.2 Å². The van der Waals surface area contributed by atoms with Gasteiger partial charge in [0.2, 0.25) is 0 Å². The molecule has 0 aromatic heterocycles. The largest absolute Gasteiger partial charge is 0.488 e. The van der Waals surface area contributed by atoms with E-state index in [1.54, 1.807) is 18.2 Å². The fraction of sp³-hybridized carbons (Fsp3) is 0.0690. The molecule has 1 N–H and O–H groups in total. The summed E-state index contributed by atoms with van der Waals surface area (Å²) in [5.41, 5.74) is 2.75. The molecule has 4 amide bonds. The number of aryl methyl sites for hydroxylation is 1. The van der Waals surface area contributed by atoms with Gasteiger partial charge in [0.15, 0.2) is 0 Å². The predicted octanol–water partition coefficient (Wildman–Crippen LogP) is 6.05. The maximum atomic E-state index is 13.4. The smallest absolute Gasteiger partial charge is 0.335 e. The number of benzene rings is 4. The van der Waals surface area contributed by atoms with Gasteiger partial charge in [-0.05, 0) is 53.6 Å². The summed E-state index contributed by atoms with van der Waals surface area (Å²) < 4.78 is 6.16. The van der Waals surface area contributed by atoms with Crippen molar-refractivity contribution < 1.29 is 19.1 Å². The summed E-state index contributed by atoms with van der Waals surface area (Å²) in [7, 11) is 0. The van der Waals surface area contributed by atoms with Gasteiger partial charge < -0.3 is 4.74 Å². The van der Waals surface area contributed by atoms with Crippen LogP contribution in [0.5, 0.6) is 5.75 Å². The predicted molar refractivity (Wildman–Crippen MR) is 140 cm³/mol. The highest BCUT2D eigenvalue weighted by atomic mass is 35.5. The Morgan fingerprint density at radius 3 is 2.53 bits per heavy atom. The van der Waals surface area contributed by atoms with Gasteiger partial charge in [-0.25, -0.2) is 9.69 Å². The Morgan fingerprint density at radius 2 is 1.72 bits per heavy atom. The van der Waals surface area contributed by atoms with Crippen molar-refractivity contribution >= 4 is 52.0 Å². The lowest BCUT2D eigenvalue weighted by atomic mass is 9.99. The number of rotatable bonds is 5. The van der Waals surface area contributed by atoms with Crippen molar-refractivity contribution in [2.24, 2.45) is 0 Å². The highest BCUT2D eigenvalue weighted by Gasteiger charge is 2.37. The first kappa shape index (κ1) is 23.3. The van der Waals surface area contributed by atoms with Gasteiger partial charge in [0, 0.05) is 10.6 Å². The van der Waals surface area contributed by atoms with Crippen LogP contribution >= 0.6 is 11.6 Å². The first-order valence-corrected chi connectivity index (χ1v) is 11.7. The van der Waals surface area contributed by atoms with Crippen molar-refractivity contribution in [2.75, 3.05) is 4.90 Å². The SMILES string of the molecule is Cc1cccc(COc2ccc3ccccc3c2/C=C2\C(=O)NC(=O)N(c3cccc(Cl)c3)C2=O)c1. The van der Waals surface area contributed by atoms with E-state index in [0.717, 1.165) is 26.8 Å². The fourth-order valence-electron chi connectivity index (χ4n) is 4.16. The third-order valence-electron chi connectivity index (χ3n) is 5.86. The number of hydrogen-bond donors (Lipinski definition) is 1. The number of hydrogen-bond acceptors (Lipinski definition) is 4. The van der Waals surface area contributed by atoms with E-state index in [-0.39, 0.29) is 11.3 Å². The molecule has 1 aliphatic rings. The average Bonchev–Trinajstić information content (AvgIpc) is 2.85. The van der Waals surface area contributed by atoms with Crippen LogP contribution in [0.4, 0.5) is 10.5 Å². The van der Waals surface area contributed by atoms with E-state index in [1.165, 1.54) is 12.1 Å². The van der Waals surface area contributed by atoms with Crippen molar-refractivity contribution in [3.8, 4) is 5.75 Å². The number of anilines is 1. The second-order valence-electron chi connectivity index (χ2n) is 8.41. The molecule has 0 saturated carbocycles. The second-order valence-corrected chi connectivity index (χ2v) is 8.85. The molecule has 7 heteroatoms. The van der Waals surface area contributed by atoms with E-state index in [0.29, 0.717) is 22.9 Å². The van der Waals surface area contributed by atoms with Crippen LogP contribution < -0.4 is 15.0 Å². The van der Waals surface area contributed by atoms with E-state index in [9.17, 15) is 14.4 Å². The van der Waals surface area contributed by atoms with Gasteiger partial charge in [0.05, 0.1) is 5.69 Å². The van der Waals surface area contributed by atoms with Crippen LogP contribution in [0.3, 0.4) is 0 Å². The number of fused-ring (bicyclic) bond motifs is 1. The number of carbonyl (C=O) groups is 3. The van der Waals surface area contributed by atoms with Crippen molar-refractivity contribution in [3.63, 3.8) is 0 Å². The minimum atomic E-state index is -0.835. The Labute approximate surface area is 212 Å². The lowest BCUT2D eigenvalue weighted by Gasteiger charge is -2.26. The number of barbiturate groups is 1. The maximum absolute atomic E-state index is 13.4. The van der Waals surface area contributed by atoms with Gasteiger partial charge in [-0.2, -0.15) is 0 Å². The Kier molecular flexibility index (Phi) is 6.27. The number of amides is 4. The normalized spacial score (nSPS) is 14.9. The monoisotopic (exact) mass is 496 g/mol. The molecule has 0 radical (unpaired) electrons. The molecule has 0 unspecified atom stereocenters. The van der Waals surface area contributed by atoms with Crippen LogP contribution in [0.2, 0.25) is 5.02 Å². The van der Waals surface area contributed by atoms with Gasteiger partial charge >= 0.3 is 6.03 Å². The Morgan fingerprint density at radius 1 is 0.917 bits per heavy atom. The first-order chi connectivity index (χ1) is 17.4. The van der Waals surface area contributed by atoms with Gasteiger partial charge in [-0.3, -0.25) is 14.9 Å².